The van der Waals surface area contributed by atoms with Crippen LogP contribution in [0.2, 0.25) is 0 Å². The summed E-state index contributed by atoms with van der Waals surface area (Å²) < 4.78 is 15.0. The van der Waals surface area contributed by atoms with E-state index in [1.165, 1.54) is 12.1 Å². The normalized spacial score (nSPS) is 10.9. The van der Waals surface area contributed by atoms with Gasteiger partial charge in [-0.2, -0.15) is 0 Å². The molecule has 0 aliphatic rings. The van der Waals surface area contributed by atoms with Gasteiger partial charge in [-0.15, -0.1) is 0 Å². The van der Waals surface area contributed by atoms with Crippen LogP contribution in [-0.4, -0.2) is 10.5 Å². The molecule has 1 heterocycles. The van der Waals surface area contributed by atoms with E-state index in [1.807, 2.05) is 31.2 Å². The molecule has 0 bridgehead atoms. The first-order chi connectivity index (χ1) is 14.5. The molecular weight excluding hydrogens is 379 g/mol. The first kappa shape index (κ1) is 19.6. The molecule has 30 heavy (non-hydrogen) atoms. The number of nitrogens with zero attached hydrogens (tertiary/aromatic N) is 1. The van der Waals surface area contributed by atoms with Crippen LogP contribution < -0.4 is 10.9 Å². The van der Waals surface area contributed by atoms with Crippen LogP contribution in [0.1, 0.15) is 27.2 Å². The number of fused-ring (bicyclic) bond motifs is 1. The number of nitrogens with one attached hydrogen (secondary N) is 1. The largest absolute Gasteiger partial charge is 0.348 e. The van der Waals surface area contributed by atoms with Crippen LogP contribution in [-0.2, 0) is 6.54 Å². The van der Waals surface area contributed by atoms with E-state index in [0.29, 0.717) is 33.3 Å². The van der Waals surface area contributed by atoms with Gasteiger partial charge in [0.25, 0.3) is 11.5 Å². The van der Waals surface area contributed by atoms with E-state index >= 15 is 0 Å². The highest BCUT2D eigenvalue weighted by molar-refractivity contribution is 6.07. The Morgan fingerprint density at radius 2 is 1.63 bits per heavy atom. The number of aromatic nitrogens is 1. The number of rotatable bonds is 4. The molecule has 0 saturated carbocycles. The van der Waals surface area contributed by atoms with E-state index in [1.54, 1.807) is 47.9 Å². The average molecular weight is 400 g/mol. The fraction of sp³-hybridized carbons (Fsp3) is 0.120. The lowest BCUT2D eigenvalue weighted by molar-refractivity contribution is 0.0951. The quantitative estimate of drug-likeness (QED) is 0.541. The van der Waals surface area contributed by atoms with Gasteiger partial charge < -0.3 is 5.32 Å². The molecule has 4 nitrogen and oxygen atoms in total. The van der Waals surface area contributed by atoms with Gasteiger partial charge in [0.1, 0.15) is 5.82 Å². The summed E-state index contributed by atoms with van der Waals surface area (Å²) in [6, 6.07) is 20.8. The lowest BCUT2D eigenvalue weighted by Crippen LogP contribution is -2.29. The van der Waals surface area contributed by atoms with Crippen molar-refractivity contribution >= 4 is 16.7 Å². The van der Waals surface area contributed by atoms with Gasteiger partial charge in [0.15, 0.2) is 0 Å². The highest BCUT2D eigenvalue weighted by atomic mass is 19.1. The first-order valence-corrected chi connectivity index (χ1v) is 9.70. The van der Waals surface area contributed by atoms with Crippen LogP contribution >= 0.6 is 0 Å². The number of hydrogen-bond acceptors (Lipinski definition) is 2. The van der Waals surface area contributed by atoms with Crippen molar-refractivity contribution in [2.75, 3.05) is 0 Å². The smallest absolute Gasteiger partial charge is 0.263 e. The number of amides is 1. The second kappa shape index (κ2) is 7.95. The Balaban J connectivity index is 1.83. The molecule has 0 atom stereocenters. The molecule has 0 spiro atoms. The van der Waals surface area contributed by atoms with E-state index in [-0.39, 0.29) is 23.8 Å². The maximum Gasteiger partial charge on any atom is 0.263 e. The Labute approximate surface area is 173 Å². The number of hydrogen-bond donors (Lipinski definition) is 1. The second-order valence-corrected chi connectivity index (χ2v) is 7.29. The standard InChI is InChI=1S/C25H21FN2O2/c1-16-10-12-20(13-11-16)28-17(2)23(21-8-3-4-9-22(21)25(28)30)24(29)27-15-18-6-5-7-19(26)14-18/h3-14H,15H2,1-2H3,(H,27,29). The van der Waals surface area contributed by atoms with Gasteiger partial charge in [-0.3, -0.25) is 14.2 Å². The van der Waals surface area contributed by atoms with Gasteiger partial charge in [0.2, 0.25) is 0 Å². The number of pyridine rings is 1. The number of benzene rings is 3. The van der Waals surface area contributed by atoms with Crippen LogP contribution in [0.15, 0.2) is 77.6 Å². The first-order valence-electron chi connectivity index (χ1n) is 9.70. The SMILES string of the molecule is Cc1ccc(-n2c(C)c(C(=O)NCc3cccc(F)c3)c3ccccc3c2=O)cc1. The minimum absolute atomic E-state index is 0.173. The molecule has 5 heteroatoms. The molecule has 0 fully saturated rings. The summed E-state index contributed by atoms with van der Waals surface area (Å²) in [6.45, 7) is 3.93. The van der Waals surface area contributed by atoms with Gasteiger partial charge >= 0.3 is 0 Å². The van der Waals surface area contributed by atoms with Crippen LogP contribution in [0.25, 0.3) is 16.5 Å². The van der Waals surface area contributed by atoms with Gasteiger partial charge in [-0.05, 0) is 49.7 Å². The summed E-state index contributed by atoms with van der Waals surface area (Å²) in [5.74, 6) is -0.662. The van der Waals surface area contributed by atoms with Crippen molar-refractivity contribution in [3.05, 3.63) is 111 Å². The van der Waals surface area contributed by atoms with Gasteiger partial charge in [-0.1, -0.05) is 48.0 Å². The molecule has 4 rings (SSSR count). The van der Waals surface area contributed by atoms with E-state index in [0.717, 1.165) is 5.56 Å². The fourth-order valence-electron chi connectivity index (χ4n) is 3.68. The minimum Gasteiger partial charge on any atom is -0.348 e. The molecule has 3 aromatic carbocycles. The van der Waals surface area contributed by atoms with Crippen molar-refractivity contribution in [1.82, 2.24) is 9.88 Å². The summed E-state index contributed by atoms with van der Waals surface area (Å²) >= 11 is 0. The summed E-state index contributed by atoms with van der Waals surface area (Å²) in [5.41, 5.74) is 3.26. The van der Waals surface area contributed by atoms with E-state index < -0.39 is 0 Å². The fourth-order valence-corrected chi connectivity index (χ4v) is 3.68. The van der Waals surface area contributed by atoms with E-state index in [2.05, 4.69) is 5.32 Å². The van der Waals surface area contributed by atoms with E-state index in [9.17, 15) is 14.0 Å². The van der Waals surface area contributed by atoms with Gasteiger partial charge in [0, 0.05) is 28.7 Å². The zero-order chi connectivity index (χ0) is 21.3. The molecule has 1 amide bonds. The molecule has 0 unspecified atom stereocenters. The average Bonchev–Trinajstić information content (AvgIpc) is 2.74. The maximum atomic E-state index is 13.4. The van der Waals surface area contributed by atoms with E-state index in [4.69, 9.17) is 0 Å². The Bertz CT molecular complexity index is 1310. The van der Waals surface area contributed by atoms with Crippen molar-refractivity contribution < 1.29 is 9.18 Å². The lowest BCUT2D eigenvalue weighted by atomic mass is 10.0. The summed E-state index contributed by atoms with van der Waals surface area (Å²) in [4.78, 5) is 26.4. The molecule has 0 radical (unpaired) electrons. The van der Waals surface area contributed by atoms with Crippen molar-refractivity contribution in [1.29, 1.82) is 0 Å². The molecule has 150 valence electrons. The van der Waals surface area contributed by atoms with Crippen molar-refractivity contribution in [2.24, 2.45) is 0 Å². The summed E-state index contributed by atoms with van der Waals surface area (Å²) in [6.07, 6.45) is 0. The number of aryl methyl sites for hydroxylation is 1. The van der Waals surface area contributed by atoms with Crippen LogP contribution in [0.4, 0.5) is 4.39 Å². The Morgan fingerprint density at radius 3 is 2.33 bits per heavy atom. The Kier molecular flexibility index (Phi) is 5.19. The molecule has 0 aliphatic carbocycles. The number of carbonyl (C=O) groups excluding carboxylic acids is 1. The van der Waals surface area contributed by atoms with Gasteiger partial charge in [-0.25, -0.2) is 4.39 Å². The number of halogens is 1. The molecular formula is C25H21FN2O2. The Morgan fingerprint density at radius 1 is 0.933 bits per heavy atom. The minimum atomic E-state index is -0.351. The third-order valence-corrected chi connectivity index (χ3v) is 5.19. The third-order valence-electron chi connectivity index (χ3n) is 5.19. The summed E-state index contributed by atoms with van der Waals surface area (Å²) in [7, 11) is 0. The molecule has 1 N–H and O–H groups in total. The Hall–Kier alpha value is -3.73. The zero-order valence-corrected chi connectivity index (χ0v) is 16.8. The van der Waals surface area contributed by atoms with Crippen LogP contribution in [0.5, 0.6) is 0 Å². The van der Waals surface area contributed by atoms with Crippen LogP contribution in [0, 0.1) is 19.7 Å². The third kappa shape index (κ3) is 3.62. The molecule has 1 aromatic heterocycles. The van der Waals surface area contributed by atoms with Crippen molar-refractivity contribution in [3.63, 3.8) is 0 Å². The predicted molar refractivity (Wildman–Crippen MR) is 117 cm³/mol. The highest BCUT2D eigenvalue weighted by Crippen LogP contribution is 2.22. The molecule has 4 aromatic rings. The van der Waals surface area contributed by atoms with Crippen molar-refractivity contribution in [3.8, 4) is 5.69 Å². The second-order valence-electron chi connectivity index (χ2n) is 7.29. The lowest BCUT2D eigenvalue weighted by Gasteiger charge is -2.17. The van der Waals surface area contributed by atoms with Crippen molar-refractivity contribution in [2.45, 2.75) is 20.4 Å². The molecule has 0 saturated heterocycles. The maximum absolute atomic E-state index is 13.4. The number of carbonyl (C=O) groups is 1. The predicted octanol–water partition coefficient (Wildman–Crippen LogP) is 4.68. The monoisotopic (exact) mass is 400 g/mol. The summed E-state index contributed by atoms with van der Waals surface area (Å²) in [5, 5.41) is 3.93. The van der Waals surface area contributed by atoms with Gasteiger partial charge in [0.05, 0.1) is 5.56 Å². The zero-order valence-electron chi connectivity index (χ0n) is 16.8. The van der Waals surface area contributed by atoms with Crippen LogP contribution in [0.3, 0.4) is 0 Å². The topological polar surface area (TPSA) is 51.1 Å². The highest BCUT2D eigenvalue weighted by Gasteiger charge is 2.20. The molecule has 0 aliphatic heterocycles.